The normalized spacial score (nSPS) is 23.8. The predicted molar refractivity (Wildman–Crippen MR) is 127 cm³/mol. The number of fused-ring (bicyclic) bond motifs is 1. The molecule has 0 spiro atoms. The Labute approximate surface area is 174 Å². The third kappa shape index (κ3) is 4.07. The van der Waals surface area contributed by atoms with Gasteiger partial charge in [0.15, 0.2) is 0 Å². The summed E-state index contributed by atoms with van der Waals surface area (Å²) in [7, 11) is 0. The van der Waals surface area contributed by atoms with E-state index >= 15 is 0 Å². The lowest BCUT2D eigenvalue weighted by atomic mass is 9.58. The van der Waals surface area contributed by atoms with E-state index in [1.165, 1.54) is 62.5 Å². The number of rotatable bonds is 11. The molecule has 2 rings (SSSR count). The maximum absolute atomic E-state index is 4.03. The molecule has 0 saturated carbocycles. The van der Waals surface area contributed by atoms with Gasteiger partial charge in [-0.25, -0.2) is 0 Å². The van der Waals surface area contributed by atoms with Gasteiger partial charge in [-0.05, 0) is 60.3 Å². The fourth-order valence-electron chi connectivity index (χ4n) is 5.91. The molecule has 1 aliphatic rings. The zero-order valence-corrected chi connectivity index (χ0v) is 19.1. The molecule has 0 heteroatoms. The van der Waals surface area contributed by atoms with E-state index in [4.69, 9.17) is 0 Å². The fourth-order valence-corrected chi connectivity index (χ4v) is 5.91. The van der Waals surface area contributed by atoms with Crippen molar-refractivity contribution in [3.05, 3.63) is 65.8 Å². The minimum absolute atomic E-state index is 0.139. The van der Waals surface area contributed by atoms with E-state index in [0.717, 1.165) is 0 Å². The highest BCUT2D eigenvalue weighted by molar-refractivity contribution is 5.91. The minimum atomic E-state index is 0.139. The number of unbranched alkanes of at least 4 members (excludes halogenated alkanes) is 2. The smallest absolute Gasteiger partial charge is 0.0265 e. The Morgan fingerprint density at radius 2 is 1.68 bits per heavy atom. The van der Waals surface area contributed by atoms with Gasteiger partial charge in [-0.15, -0.1) is 0 Å². The largest absolute Gasteiger partial charge is 0.0990 e. The number of hydrogen-bond acceptors (Lipinski definition) is 0. The summed E-state index contributed by atoms with van der Waals surface area (Å²) >= 11 is 0. The zero-order chi connectivity index (χ0) is 20.6. The van der Waals surface area contributed by atoms with Crippen LogP contribution in [0, 0.1) is 11.8 Å². The Kier molecular flexibility index (Phi) is 8.80. The first-order valence-corrected chi connectivity index (χ1v) is 11.7. The van der Waals surface area contributed by atoms with Gasteiger partial charge in [-0.2, -0.15) is 0 Å². The number of benzene rings is 1. The standard InChI is InChI=1S/C28H42/c1-7-12-13-19-23(17-9-3)28(22(6)16-8-2)26(11-5)24(18-10-4)25-20-14-15-21-27(25)28/h10-11,14-15,18,20-23H,4,7-9,12-13,16-17,19H2,1-3,5-6H3/b24-18-,26-11+. The van der Waals surface area contributed by atoms with Gasteiger partial charge in [0.25, 0.3) is 0 Å². The van der Waals surface area contributed by atoms with E-state index in [-0.39, 0.29) is 5.41 Å². The van der Waals surface area contributed by atoms with Gasteiger partial charge in [-0.1, -0.05) is 109 Å². The second-order valence-corrected chi connectivity index (χ2v) is 8.60. The molecule has 0 amide bonds. The van der Waals surface area contributed by atoms with E-state index in [2.05, 4.69) is 77.6 Å². The minimum Gasteiger partial charge on any atom is -0.0990 e. The fraction of sp³-hybridized carbons (Fsp3) is 0.571. The second-order valence-electron chi connectivity index (χ2n) is 8.60. The van der Waals surface area contributed by atoms with Crippen molar-refractivity contribution in [3.63, 3.8) is 0 Å². The van der Waals surface area contributed by atoms with Crippen molar-refractivity contribution in [1.82, 2.24) is 0 Å². The van der Waals surface area contributed by atoms with Crippen molar-refractivity contribution in [2.24, 2.45) is 11.8 Å². The number of allylic oxidation sites excluding steroid dienone is 5. The van der Waals surface area contributed by atoms with Crippen LogP contribution in [0.2, 0.25) is 0 Å². The molecule has 1 aromatic carbocycles. The third-order valence-corrected chi connectivity index (χ3v) is 6.91. The summed E-state index contributed by atoms with van der Waals surface area (Å²) < 4.78 is 0. The maximum atomic E-state index is 4.03. The lowest BCUT2D eigenvalue weighted by molar-refractivity contribution is 0.192. The average Bonchev–Trinajstić information content (AvgIpc) is 2.98. The van der Waals surface area contributed by atoms with Crippen LogP contribution in [0.25, 0.3) is 5.57 Å². The number of hydrogen-bond donors (Lipinski definition) is 0. The van der Waals surface area contributed by atoms with E-state index < -0.39 is 0 Å². The summed E-state index contributed by atoms with van der Waals surface area (Å²) in [5.74, 6) is 1.34. The Hall–Kier alpha value is -1.56. The molecular weight excluding hydrogens is 336 g/mol. The van der Waals surface area contributed by atoms with Gasteiger partial charge in [0, 0.05) is 5.41 Å². The first-order valence-electron chi connectivity index (χ1n) is 11.7. The molecule has 0 nitrogen and oxygen atoms in total. The molecule has 0 bridgehead atoms. The van der Waals surface area contributed by atoms with Crippen LogP contribution in [-0.2, 0) is 5.41 Å². The van der Waals surface area contributed by atoms with E-state index in [1.807, 2.05) is 6.08 Å². The molecule has 154 valence electrons. The van der Waals surface area contributed by atoms with Crippen molar-refractivity contribution >= 4 is 5.57 Å². The lowest BCUT2D eigenvalue weighted by Gasteiger charge is -2.45. The topological polar surface area (TPSA) is 0 Å². The molecular formula is C28H42. The third-order valence-electron chi connectivity index (χ3n) is 6.91. The Morgan fingerprint density at radius 1 is 0.964 bits per heavy atom. The second kappa shape index (κ2) is 10.8. The summed E-state index contributed by atoms with van der Waals surface area (Å²) in [5.41, 5.74) is 6.12. The molecule has 3 unspecified atom stereocenters. The SMILES string of the molecule is C=C/C=C1\C(=C/C)C(C(C)CCC)(C(CCC)CCCCC)c2ccccc21. The highest BCUT2D eigenvalue weighted by Crippen LogP contribution is 2.60. The Morgan fingerprint density at radius 3 is 2.29 bits per heavy atom. The van der Waals surface area contributed by atoms with Crippen LogP contribution in [-0.4, -0.2) is 0 Å². The van der Waals surface area contributed by atoms with Gasteiger partial charge in [0.05, 0.1) is 0 Å². The predicted octanol–water partition coefficient (Wildman–Crippen LogP) is 8.89. The summed E-state index contributed by atoms with van der Waals surface area (Å²) in [6.45, 7) is 15.8. The Balaban J connectivity index is 2.75. The zero-order valence-electron chi connectivity index (χ0n) is 19.1. The first kappa shape index (κ1) is 22.7. The molecule has 0 fully saturated rings. The molecule has 28 heavy (non-hydrogen) atoms. The average molecular weight is 379 g/mol. The summed E-state index contributed by atoms with van der Waals surface area (Å²) in [4.78, 5) is 0. The van der Waals surface area contributed by atoms with Crippen molar-refractivity contribution < 1.29 is 0 Å². The first-order chi connectivity index (χ1) is 13.6. The van der Waals surface area contributed by atoms with Crippen molar-refractivity contribution in [3.8, 4) is 0 Å². The van der Waals surface area contributed by atoms with Gasteiger partial charge in [0.1, 0.15) is 0 Å². The van der Waals surface area contributed by atoms with Gasteiger partial charge in [0.2, 0.25) is 0 Å². The van der Waals surface area contributed by atoms with E-state index in [1.54, 1.807) is 11.1 Å². The quantitative estimate of drug-likeness (QED) is 0.337. The maximum Gasteiger partial charge on any atom is 0.0265 e. The van der Waals surface area contributed by atoms with Gasteiger partial charge >= 0.3 is 0 Å². The molecule has 1 aliphatic carbocycles. The van der Waals surface area contributed by atoms with Crippen LogP contribution < -0.4 is 0 Å². The van der Waals surface area contributed by atoms with Crippen molar-refractivity contribution in [1.29, 1.82) is 0 Å². The van der Waals surface area contributed by atoms with Crippen LogP contribution in [0.4, 0.5) is 0 Å². The van der Waals surface area contributed by atoms with Crippen LogP contribution in [0.3, 0.4) is 0 Å². The van der Waals surface area contributed by atoms with Crippen LogP contribution in [0.1, 0.15) is 97.1 Å². The van der Waals surface area contributed by atoms with Crippen molar-refractivity contribution in [2.75, 3.05) is 0 Å². The summed E-state index contributed by atoms with van der Waals surface area (Å²) in [6.07, 6.45) is 17.1. The monoisotopic (exact) mass is 378 g/mol. The summed E-state index contributed by atoms with van der Waals surface area (Å²) in [6, 6.07) is 9.22. The van der Waals surface area contributed by atoms with E-state index in [9.17, 15) is 0 Å². The Bertz CT molecular complexity index is 690. The van der Waals surface area contributed by atoms with E-state index in [0.29, 0.717) is 11.8 Å². The molecule has 0 radical (unpaired) electrons. The summed E-state index contributed by atoms with van der Waals surface area (Å²) in [5, 5.41) is 0. The molecule has 0 aromatic heterocycles. The van der Waals surface area contributed by atoms with Crippen LogP contribution >= 0.6 is 0 Å². The van der Waals surface area contributed by atoms with Crippen molar-refractivity contribution in [2.45, 2.75) is 91.4 Å². The van der Waals surface area contributed by atoms with Gasteiger partial charge in [-0.3, -0.25) is 0 Å². The molecule has 0 aliphatic heterocycles. The highest BCUT2D eigenvalue weighted by atomic mass is 14.5. The highest BCUT2D eigenvalue weighted by Gasteiger charge is 2.52. The lowest BCUT2D eigenvalue weighted by Crippen LogP contribution is -2.41. The molecule has 0 heterocycles. The molecule has 0 N–H and O–H groups in total. The molecule has 3 atom stereocenters. The van der Waals surface area contributed by atoms with Crippen LogP contribution in [0.5, 0.6) is 0 Å². The molecule has 0 saturated heterocycles. The molecule has 1 aromatic rings. The van der Waals surface area contributed by atoms with Gasteiger partial charge < -0.3 is 0 Å². The van der Waals surface area contributed by atoms with Crippen LogP contribution in [0.15, 0.2) is 54.6 Å².